The summed E-state index contributed by atoms with van der Waals surface area (Å²) in [4.78, 5) is 9.38. The van der Waals surface area contributed by atoms with Gasteiger partial charge in [0.25, 0.3) is 0 Å². The van der Waals surface area contributed by atoms with Crippen molar-refractivity contribution in [2.45, 2.75) is 11.2 Å². The van der Waals surface area contributed by atoms with Crippen LogP contribution in [0.15, 0.2) is 0 Å². The molecule has 0 aliphatic carbocycles. The molecule has 0 aliphatic rings. The summed E-state index contributed by atoms with van der Waals surface area (Å²) in [7, 11) is -7.04. The number of carbonyl (C=O) groups is 1. The highest BCUT2D eigenvalue weighted by Crippen LogP contribution is 2.40. The van der Waals surface area contributed by atoms with Crippen LogP contribution in [0.25, 0.3) is 0 Å². The highest BCUT2D eigenvalue weighted by Gasteiger charge is 2.73. The summed E-state index contributed by atoms with van der Waals surface area (Å²) >= 11 is 0. The van der Waals surface area contributed by atoms with E-state index in [1.807, 2.05) is 0 Å². The third kappa shape index (κ3) is 1.76. The van der Waals surface area contributed by atoms with Crippen molar-refractivity contribution < 1.29 is 39.1 Å². The van der Waals surface area contributed by atoms with E-state index in [1.54, 1.807) is 0 Å². The molecule has 0 aromatic carbocycles. The van der Waals surface area contributed by atoms with Crippen LogP contribution in [0.4, 0.5) is 25.8 Å². The quantitative estimate of drug-likeness (QED) is 0.525. The van der Waals surface area contributed by atoms with Crippen molar-refractivity contribution in [2.75, 3.05) is 0 Å². The Bertz CT molecular complexity index is 317. The minimum atomic E-state index is -7.04. The minimum absolute atomic E-state index is 3.97. The van der Waals surface area contributed by atoms with Gasteiger partial charge in [0.2, 0.25) is 0 Å². The predicted molar refractivity (Wildman–Crippen MR) is 26.0 cm³/mol. The van der Waals surface area contributed by atoms with Crippen LogP contribution in [-0.4, -0.2) is 25.6 Å². The maximum atomic E-state index is 12.1. The lowest BCUT2D eigenvalue weighted by atomic mass is 10.4. The molecule has 0 fully saturated rings. The van der Waals surface area contributed by atoms with Crippen LogP contribution >= 0.6 is 0 Å². The first-order chi connectivity index (χ1) is 5.44. The monoisotopic (exact) mass is 230 g/mol. The summed E-state index contributed by atoms with van der Waals surface area (Å²) in [6.45, 7) is 0. The predicted octanol–water partition coefficient (Wildman–Crippen LogP) is 1.01. The van der Waals surface area contributed by atoms with Crippen molar-refractivity contribution in [3.63, 3.8) is 0 Å². The molecule has 3 nitrogen and oxygen atoms in total. The van der Waals surface area contributed by atoms with Crippen molar-refractivity contribution in [3.8, 4) is 0 Å². The van der Waals surface area contributed by atoms with Gasteiger partial charge in [-0.3, -0.25) is 4.79 Å². The fourth-order valence-electron chi connectivity index (χ4n) is 0.346. The smallest absolute Gasteiger partial charge is 0.256 e. The largest absolute Gasteiger partial charge is 0.450 e. The van der Waals surface area contributed by atoms with Gasteiger partial charge < -0.3 is 0 Å². The van der Waals surface area contributed by atoms with Gasteiger partial charge in [0.1, 0.15) is 0 Å². The number of alkyl halides is 4. The van der Waals surface area contributed by atoms with Gasteiger partial charge in [0.15, 0.2) is 0 Å². The normalized spacial score (nSPS) is 18.0. The van der Waals surface area contributed by atoms with Gasteiger partial charge in [-0.1, -0.05) is 0 Å². The molecule has 0 unspecified atom stereocenters. The highest BCUT2D eigenvalue weighted by molar-refractivity contribution is 7.88. The molecule has 78 valence electrons. The van der Waals surface area contributed by atoms with E-state index in [0.29, 0.717) is 0 Å². The van der Waals surface area contributed by atoms with Crippen LogP contribution in [0, 0.1) is 0 Å². The highest BCUT2D eigenvalue weighted by atomic mass is 32.3. The second-order valence-corrected chi connectivity index (χ2v) is 3.24. The summed E-state index contributed by atoms with van der Waals surface area (Å²) in [6.07, 6.45) is -6.49. The zero-order valence-corrected chi connectivity index (χ0v) is 6.22. The minimum Gasteiger partial charge on any atom is -0.256 e. The number of hydrogen-bond donors (Lipinski definition) is 0. The first-order valence-corrected chi connectivity index (χ1v) is 3.72. The average Bonchev–Trinajstić information content (AvgIpc) is 1.80. The standard InChI is InChI=1S/C3F6O3S/c4-1(10)2(5,3(6,7)8)13(9,11)12/t2-/m1/s1. The number of rotatable bonds is 2. The molecule has 0 spiro atoms. The molecule has 0 amide bonds. The molecule has 0 aromatic rings. The van der Waals surface area contributed by atoms with E-state index >= 15 is 0 Å². The van der Waals surface area contributed by atoms with E-state index in [2.05, 4.69) is 0 Å². The fourth-order valence-corrected chi connectivity index (χ4v) is 0.814. The van der Waals surface area contributed by atoms with Crippen LogP contribution < -0.4 is 0 Å². The SMILES string of the molecule is O=C(F)[C@](F)(C(F)(F)F)S(=O)(=O)F. The zero-order chi connectivity index (χ0) is 11.1. The molecule has 0 heterocycles. The lowest BCUT2D eigenvalue weighted by Gasteiger charge is -2.17. The fraction of sp³-hybridized carbons (Fsp3) is 0.667. The van der Waals surface area contributed by atoms with Gasteiger partial charge in [-0.2, -0.15) is 26.0 Å². The third-order valence-corrected chi connectivity index (χ3v) is 2.02. The van der Waals surface area contributed by atoms with Crippen LogP contribution in [0.1, 0.15) is 0 Å². The first-order valence-electron chi connectivity index (χ1n) is 2.34. The lowest BCUT2D eigenvalue weighted by Crippen LogP contribution is -2.51. The Hall–Kier alpha value is -0.800. The molecule has 0 aromatic heterocycles. The zero-order valence-electron chi connectivity index (χ0n) is 5.40. The molecule has 0 N–H and O–H groups in total. The van der Waals surface area contributed by atoms with Crippen LogP contribution in [0.3, 0.4) is 0 Å². The number of halogens is 6. The molecular weight excluding hydrogens is 230 g/mol. The number of hydrogen-bond acceptors (Lipinski definition) is 3. The molecule has 0 aliphatic heterocycles. The summed E-state index contributed by atoms with van der Waals surface area (Å²) in [5.41, 5.74) is 0. The molecule has 1 atom stereocenters. The van der Waals surface area contributed by atoms with E-state index in [9.17, 15) is 39.1 Å². The maximum absolute atomic E-state index is 12.1. The van der Waals surface area contributed by atoms with E-state index < -0.39 is 27.4 Å². The van der Waals surface area contributed by atoms with Gasteiger partial charge >= 0.3 is 27.4 Å². The van der Waals surface area contributed by atoms with E-state index in [4.69, 9.17) is 0 Å². The maximum Gasteiger partial charge on any atom is 0.450 e. The molecule has 10 heteroatoms. The van der Waals surface area contributed by atoms with Gasteiger partial charge in [-0.25, -0.2) is 4.39 Å². The molecule has 0 saturated heterocycles. The van der Waals surface area contributed by atoms with E-state index in [0.717, 1.165) is 0 Å². The average molecular weight is 230 g/mol. The molecule has 13 heavy (non-hydrogen) atoms. The molecule has 0 bridgehead atoms. The van der Waals surface area contributed by atoms with Crippen molar-refractivity contribution >= 4 is 16.3 Å². The Kier molecular flexibility index (Phi) is 2.68. The number of carbonyl (C=O) groups excluding carboxylic acids is 1. The second kappa shape index (κ2) is 2.86. The summed E-state index contributed by atoms with van der Waals surface area (Å²) in [5, 5.41) is -6.12. The Balaban J connectivity index is 5.64. The van der Waals surface area contributed by atoms with Gasteiger partial charge in [0.05, 0.1) is 0 Å². The molecule has 0 radical (unpaired) electrons. The van der Waals surface area contributed by atoms with Crippen LogP contribution in [-0.2, 0) is 15.0 Å². The molecular formula is C3F6O3S. The van der Waals surface area contributed by atoms with E-state index in [1.165, 1.54) is 0 Å². The van der Waals surface area contributed by atoms with Crippen molar-refractivity contribution in [1.82, 2.24) is 0 Å². The summed E-state index contributed by atoms with van der Waals surface area (Å²) in [5.74, 6) is 0. The second-order valence-electron chi connectivity index (χ2n) is 1.80. The Labute approximate surface area is 67.5 Å². The Morgan fingerprint density at radius 1 is 1.08 bits per heavy atom. The molecule has 0 saturated carbocycles. The topological polar surface area (TPSA) is 51.2 Å². The first kappa shape index (κ1) is 12.2. The lowest BCUT2D eigenvalue weighted by molar-refractivity contribution is -0.206. The van der Waals surface area contributed by atoms with Gasteiger partial charge in [0, 0.05) is 0 Å². The van der Waals surface area contributed by atoms with Crippen molar-refractivity contribution in [3.05, 3.63) is 0 Å². The van der Waals surface area contributed by atoms with Crippen LogP contribution in [0.5, 0.6) is 0 Å². The Morgan fingerprint density at radius 3 is 1.38 bits per heavy atom. The summed E-state index contributed by atoms with van der Waals surface area (Å²) < 4.78 is 88.3. The summed E-state index contributed by atoms with van der Waals surface area (Å²) in [6, 6.07) is -3.97. The van der Waals surface area contributed by atoms with Crippen LogP contribution in [0.2, 0.25) is 0 Å². The Morgan fingerprint density at radius 2 is 1.38 bits per heavy atom. The van der Waals surface area contributed by atoms with E-state index in [-0.39, 0.29) is 0 Å². The van der Waals surface area contributed by atoms with Gasteiger partial charge in [-0.05, 0) is 0 Å². The van der Waals surface area contributed by atoms with Gasteiger partial charge in [-0.15, -0.1) is 3.89 Å². The molecule has 0 rings (SSSR count). The van der Waals surface area contributed by atoms with Crippen molar-refractivity contribution in [1.29, 1.82) is 0 Å². The van der Waals surface area contributed by atoms with Crippen molar-refractivity contribution in [2.24, 2.45) is 0 Å². The third-order valence-electron chi connectivity index (χ3n) is 0.953.